The third kappa shape index (κ3) is 3.70. The van der Waals surface area contributed by atoms with Crippen LogP contribution in [-0.2, 0) is 4.79 Å². The van der Waals surface area contributed by atoms with Gasteiger partial charge in [-0.1, -0.05) is 25.1 Å². The molecule has 104 valence electrons. The van der Waals surface area contributed by atoms with Crippen LogP contribution >= 0.6 is 0 Å². The summed E-state index contributed by atoms with van der Waals surface area (Å²) < 4.78 is 0. The second-order valence-electron chi connectivity index (χ2n) is 5.18. The smallest absolute Gasteiger partial charge is 0.239 e. The van der Waals surface area contributed by atoms with E-state index in [9.17, 15) is 9.90 Å². The Labute approximate surface area is 114 Å². The summed E-state index contributed by atoms with van der Waals surface area (Å²) in [6.45, 7) is 2.27. The lowest BCUT2D eigenvalue weighted by Gasteiger charge is -2.23. The van der Waals surface area contributed by atoms with Gasteiger partial charge in [0.05, 0.1) is 12.6 Å². The first kappa shape index (κ1) is 13.9. The Hall–Kier alpha value is -1.55. The molecule has 1 atom stereocenters. The maximum atomic E-state index is 11.8. The summed E-state index contributed by atoms with van der Waals surface area (Å²) in [5, 5.41) is 13.0. The van der Waals surface area contributed by atoms with Crippen LogP contribution < -0.4 is 10.2 Å². The van der Waals surface area contributed by atoms with Crippen molar-refractivity contribution in [2.24, 2.45) is 0 Å². The van der Waals surface area contributed by atoms with E-state index in [0.29, 0.717) is 19.0 Å². The predicted molar refractivity (Wildman–Crippen MR) is 76.1 cm³/mol. The van der Waals surface area contributed by atoms with Crippen molar-refractivity contribution in [2.75, 3.05) is 18.5 Å². The molecule has 1 aromatic carbocycles. The standard InChI is InChI=1S/C15H22N2O2/c1-3-14(18)12-6-4-5-7-13(12)17(2)10-15(19)16-11-8-9-11/h4-7,11,14,18H,3,8-10H2,1-2H3,(H,16,19)/t14-/m1/s1. The molecule has 0 heterocycles. The number of hydrogen-bond donors (Lipinski definition) is 2. The van der Waals surface area contributed by atoms with Crippen LogP contribution in [0.4, 0.5) is 5.69 Å². The van der Waals surface area contributed by atoms with Gasteiger partial charge < -0.3 is 15.3 Å². The zero-order valence-corrected chi connectivity index (χ0v) is 11.6. The molecule has 0 aromatic heterocycles. The first-order chi connectivity index (χ1) is 9.11. The summed E-state index contributed by atoms with van der Waals surface area (Å²) in [6, 6.07) is 8.08. The molecule has 0 bridgehead atoms. The second-order valence-corrected chi connectivity index (χ2v) is 5.18. The molecule has 0 saturated heterocycles. The lowest BCUT2D eigenvalue weighted by atomic mass is 10.0. The highest BCUT2D eigenvalue weighted by atomic mass is 16.3. The highest BCUT2D eigenvalue weighted by Gasteiger charge is 2.24. The maximum Gasteiger partial charge on any atom is 0.239 e. The van der Waals surface area contributed by atoms with E-state index < -0.39 is 6.10 Å². The fraction of sp³-hybridized carbons (Fsp3) is 0.533. The summed E-state index contributed by atoms with van der Waals surface area (Å²) in [6.07, 6.45) is 2.38. The number of carbonyl (C=O) groups is 1. The molecule has 1 aromatic rings. The third-order valence-corrected chi connectivity index (χ3v) is 3.42. The quantitative estimate of drug-likeness (QED) is 0.822. The first-order valence-corrected chi connectivity index (χ1v) is 6.89. The second kappa shape index (κ2) is 6.06. The fourth-order valence-corrected chi connectivity index (χ4v) is 2.14. The normalized spacial score (nSPS) is 15.9. The van der Waals surface area contributed by atoms with Crippen molar-refractivity contribution in [3.05, 3.63) is 29.8 Å². The van der Waals surface area contributed by atoms with Gasteiger partial charge in [-0.15, -0.1) is 0 Å². The average molecular weight is 262 g/mol. The topological polar surface area (TPSA) is 52.6 Å². The van der Waals surface area contributed by atoms with E-state index in [1.54, 1.807) is 0 Å². The van der Waals surface area contributed by atoms with Crippen molar-refractivity contribution in [2.45, 2.75) is 38.3 Å². The van der Waals surface area contributed by atoms with Gasteiger partial charge in [-0.25, -0.2) is 0 Å². The van der Waals surface area contributed by atoms with Crippen LogP contribution in [0.2, 0.25) is 0 Å². The Morgan fingerprint density at radius 1 is 1.47 bits per heavy atom. The number of likely N-dealkylation sites (N-methyl/N-ethyl adjacent to an activating group) is 1. The third-order valence-electron chi connectivity index (χ3n) is 3.42. The number of amides is 1. The predicted octanol–water partition coefficient (Wildman–Crippen LogP) is 1.84. The van der Waals surface area contributed by atoms with Crippen LogP contribution in [0.3, 0.4) is 0 Å². The molecule has 4 nitrogen and oxygen atoms in total. The van der Waals surface area contributed by atoms with Crippen LogP contribution in [0.5, 0.6) is 0 Å². The molecule has 2 N–H and O–H groups in total. The number of hydrogen-bond acceptors (Lipinski definition) is 3. The molecule has 0 aliphatic heterocycles. The van der Waals surface area contributed by atoms with Gasteiger partial charge in [0.25, 0.3) is 0 Å². The van der Waals surface area contributed by atoms with Crippen molar-refractivity contribution in [3.8, 4) is 0 Å². The SMILES string of the molecule is CC[C@@H](O)c1ccccc1N(C)CC(=O)NC1CC1. The molecule has 1 aliphatic carbocycles. The molecule has 1 fully saturated rings. The molecule has 2 rings (SSSR count). The van der Waals surface area contributed by atoms with Crippen LogP contribution in [0.15, 0.2) is 24.3 Å². The van der Waals surface area contributed by atoms with E-state index in [1.165, 1.54) is 0 Å². The number of benzene rings is 1. The van der Waals surface area contributed by atoms with Gasteiger partial charge in [-0.05, 0) is 25.3 Å². The molecule has 0 spiro atoms. The maximum absolute atomic E-state index is 11.8. The minimum absolute atomic E-state index is 0.0470. The zero-order chi connectivity index (χ0) is 13.8. The van der Waals surface area contributed by atoms with E-state index in [4.69, 9.17) is 0 Å². The van der Waals surface area contributed by atoms with Crippen molar-refractivity contribution in [1.82, 2.24) is 5.32 Å². The molecular weight excluding hydrogens is 240 g/mol. The van der Waals surface area contributed by atoms with Crippen molar-refractivity contribution < 1.29 is 9.90 Å². The van der Waals surface area contributed by atoms with Crippen molar-refractivity contribution in [3.63, 3.8) is 0 Å². The number of carbonyl (C=O) groups excluding carboxylic acids is 1. The van der Waals surface area contributed by atoms with Gasteiger partial charge in [-0.3, -0.25) is 4.79 Å². The van der Waals surface area contributed by atoms with E-state index in [-0.39, 0.29) is 5.91 Å². The molecule has 1 aliphatic rings. The van der Waals surface area contributed by atoms with E-state index in [0.717, 1.165) is 24.1 Å². The molecule has 1 amide bonds. The molecule has 19 heavy (non-hydrogen) atoms. The Morgan fingerprint density at radius 3 is 2.79 bits per heavy atom. The summed E-state index contributed by atoms with van der Waals surface area (Å²) in [4.78, 5) is 13.7. The van der Waals surface area contributed by atoms with E-state index >= 15 is 0 Å². The number of anilines is 1. The Morgan fingerprint density at radius 2 is 2.16 bits per heavy atom. The number of aliphatic hydroxyl groups is 1. The largest absolute Gasteiger partial charge is 0.388 e. The van der Waals surface area contributed by atoms with Gasteiger partial charge in [0.1, 0.15) is 0 Å². The molecule has 0 radical (unpaired) electrons. The van der Waals surface area contributed by atoms with Gasteiger partial charge >= 0.3 is 0 Å². The summed E-state index contributed by atoms with van der Waals surface area (Å²) in [7, 11) is 1.88. The van der Waals surface area contributed by atoms with Crippen molar-refractivity contribution in [1.29, 1.82) is 0 Å². The van der Waals surface area contributed by atoms with Crippen LogP contribution in [0.1, 0.15) is 37.9 Å². The van der Waals surface area contributed by atoms with Gasteiger partial charge in [0, 0.05) is 24.3 Å². The molecule has 1 saturated carbocycles. The van der Waals surface area contributed by atoms with Gasteiger partial charge in [0.2, 0.25) is 5.91 Å². The Balaban J connectivity index is 2.04. The molecular formula is C15H22N2O2. The first-order valence-electron chi connectivity index (χ1n) is 6.89. The number of rotatable bonds is 6. The molecule has 4 heteroatoms. The number of nitrogens with one attached hydrogen (secondary N) is 1. The monoisotopic (exact) mass is 262 g/mol. The highest BCUT2D eigenvalue weighted by molar-refractivity contribution is 5.82. The number of aliphatic hydroxyl groups excluding tert-OH is 1. The van der Waals surface area contributed by atoms with Crippen molar-refractivity contribution >= 4 is 11.6 Å². The van der Waals surface area contributed by atoms with E-state index in [2.05, 4.69) is 5.32 Å². The number of para-hydroxylation sites is 1. The van der Waals surface area contributed by atoms with Crippen LogP contribution in [0, 0.1) is 0 Å². The minimum atomic E-state index is -0.481. The van der Waals surface area contributed by atoms with Crippen LogP contribution in [-0.4, -0.2) is 30.6 Å². The Kier molecular flexibility index (Phi) is 4.43. The summed E-state index contributed by atoms with van der Waals surface area (Å²) >= 11 is 0. The average Bonchev–Trinajstić information content (AvgIpc) is 3.21. The number of nitrogens with zero attached hydrogens (tertiary/aromatic N) is 1. The minimum Gasteiger partial charge on any atom is -0.388 e. The summed E-state index contributed by atoms with van der Waals surface area (Å²) in [5.74, 6) is 0.0470. The zero-order valence-electron chi connectivity index (χ0n) is 11.6. The fourth-order valence-electron chi connectivity index (χ4n) is 2.14. The van der Waals surface area contributed by atoms with Crippen LogP contribution in [0.25, 0.3) is 0 Å². The van der Waals surface area contributed by atoms with Gasteiger partial charge in [0.15, 0.2) is 0 Å². The van der Waals surface area contributed by atoms with Gasteiger partial charge in [-0.2, -0.15) is 0 Å². The summed E-state index contributed by atoms with van der Waals surface area (Å²) in [5.41, 5.74) is 1.80. The lowest BCUT2D eigenvalue weighted by molar-refractivity contribution is -0.119. The molecule has 0 unspecified atom stereocenters. The lowest BCUT2D eigenvalue weighted by Crippen LogP contribution is -2.36. The van der Waals surface area contributed by atoms with E-state index in [1.807, 2.05) is 43.1 Å². The highest BCUT2D eigenvalue weighted by Crippen LogP contribution is 2.27. The Bertz CT molecular complexity index is 444.